The van der Waals surface area contributed by atoms with Crippen molar-refractivity contribution in [2.45, 2.75) is 0 Å². The van der Waals surface area contributed by atoms with Crippen LogP contribution in [-0.2, 0) is 0 Å². The molecule has 1 heterocycles. The average Bonchev–Trinajstić information content (AvgIpc) is 2.17. The molecule has 0 unspecified atom stereocenters. The first-order chi connectivity index (χ1) is 7.09. The molecule has 76 valence electrons. The predicted molar refractivity (Wildman–Crippen MR) is 56.4 cm³/mol. The van der Waals surface area contributed by atoms with E-state index in [-0.39, 0.29) is 10.3 Å². The van der Waals surface area contributed by atoms with Gasteiger partial charge in [0.2, 0.25) is 0 Å². The van der Waals surface area contributed by atoms with Crippen LogP contribution >= 0.6 is 15.9 Å². The molecule has 1 aromatic heterocycles. The van der Waals surface area contributed by atoms with Crippen molar-refractivity contribution in [1.29, 1.82) is 0 Å². The van der Waals surface area contributed by atoms with Crippen LogP contribution in [0.15, 0.2) is 28.9 Å². The molecule has 0 fully saturated rings. The van der Waals surface area contributed by atoms with Crippen molar-refractivity contribution in [3.63, 3.8) is 0 Å². The smallest absolute Gasteiger partial charge is 0.354 e. The largest absolute Gasteiger partial charge is 0.477 e. The molecular weight excluding hydrogens is 265 g/mol. The van der Waals surface area contributed by atoms with Crippen LogP contribution in [0.4, 0.5) is 4.39 Å². The lowest BCUT2D eigenvalue weighted by atomic mass is 10.1. The zero-order chi connectivity index (χ0) is 11.0. The number of rotatable bonds is 1. The average molecular weight is 270 g/mol. The summed E-state index contributed by atoms with van der Waals surface area (Å²) in [5, 5.41) is 9.56. The molecule has 0 aliphatic rings. The molecule has 0 bridgehead atoms. The second-order valence-corrected chi connectivity index (χ2v) is 3.69. The first-order valence-electron chi connectivity index (χ1n) is 4.07. The molecule has 1 aromatic carbocycles. The molecule has 0 amide bonds. The highest BCUT2D eigenvalue weighted by atomic mass is 79.9. The first-order valence-corrected chi connectivity index (χ1v) is 4.87. The van der Waals surface area contributed by atoms with Crippen molar-refractivity contribution in [2.24, 2.45) is 0 Å². The van der Waals surface area contributed by atoms with Gasteiger partial charge < -0.3 is 5.11 Å². The molecule has 0 saturated heterocycles. The second kappa shape index (κ2) is 3.58. The van der Waals surface area contributed by atoms with Gasteiger partial charge in [-0.15, -0.1) is 0 Å². The quantitative estimate of drug-likeness (QED) is 0.810. The van der Waals surface area contributed by atoms with Crippen molar-refractivity contribution < 1.29 is 14.3 Å². The van der Waals surface area contributed by atoms with E-state index in [9.17, 15) is 9.18 Å². The first kappa shape index (κ1) is 10.0. The third-order valence-corrected chi connectivity index (χ3v) is 2.56. The highest BCUT2D eigenvalue weighted by Gasteiger charge is 2.11. The second-order valence-electron chi connectivity index (χ2n) is 2.94. The predicted octanol–water partition coefficient (Wildman–Crippen LogP) is 2.83. The Morgan fingerprint density at radius 1 is 1.47 bits per heavy atom. The number of carboxylic acid groups (broad SMARTS) is 1. The molecule has 15 heavy (non-hydrogen) atoms. The van der Waals surface area contributed by atoms with Crippen LogP contribution in [0.5, 0.6) is 0 Å². The lowest BCUT2D eigenvalue weighted by Crippen LogP contribution is -2.01. The van der Waals surface area contributed by atoms with Gasteiger partial charge in [-0.2, -0.15) is 0 Å². The Balaban J connectivity index is 2.84. The molecule has 0 aliphatic carbocycles. The van der Waals surface area contributed by atoms with E-state index in [1.54, 1.807) is 6.07 Å². The zero-order valence-corrected chi connectivity index (χ0v) is 8.95. The zero-order valence-electron chi connectivity index (χ0n) is 7.37. The fraction of sp³-hybridized carbons (Fsp3) is 0. The van der Waals surface area contributed by atoms with E-state index in [2.05, 4.69) is 20.9 Å². The number of carboxylic acids is 1. The maximum atomic E-state index is 13.4. The van der Waals surface area contributed by atoms with Crippen molar-refractivity contribution in [2.75, 3.05) is 0 Å². The van der Waals surface area contributed by atoms with Crippen molar-refractivity contribution in [1.82, 2.24) is 4.98 Å². The Hall–Kier alpha value is -1.49. The Morgan fingerprint density at radius 3 is 2.87 bits per heavy atom. The van der Waals surface area contributed by atoms with Gasteiger partial charge in [0.25, 0.3) is 0 Å². The van der Waals surface area contributed by atoms with Gasteiger partial charge in [-0.25, -0.2) is 14.2 Å². The molecular formula is C10H5BrFNO2. The van der Waals surface area contributed by atoms with Crippen LogP contribution in [0.1, 0.15) is 10.5 Å². The number of nitrogens with zero attached hydrogens (tertiary/aromatic N) is 1. The molecule has 5 heteroatoms. The number of aromatic nitrogens is 1. The number of hydrogen-bond acceptors (Lipinski definition) is 2. The normalized spacial score (nSPS) is 10.5. The number of aromatic carboxylic acids is 1. The topological polar surface area (TPSA) is 50.2 Å². The monoisotopic (exact) mass is 269 g/mol. The van der Waals surface area contributed by atoms with Gasteiger partial charge in [-0.05, 0) is 33.4 Å². The summed E-state index contributed by atoms with van der Waals surface area (Å²) >= 11 is 3.05. The van der Waals surface area contributed by atoms with E-state index in [1.165, 1.54) is 18.2 Å². The number of halogens is 2. The van der Waals surface area contributed by atoms with Gasteiger partial charge in [0.15, 0.2) is 0 Å². The molecule has 0 aliphatic heterocycles. The molecule has 2 rings (SSSR count). The summed E-state index contributed by atoms with van der Waals surface area (Å²) < 4.78 is 13.6. The number of carbonyl (C=O) groups is 1. The number of fused-ring (bicyclic) bond motifs is 1. The number of benzene rings is 1. The Labute approximate surface area is 92.7 Å². The molecule has 1 N–H and O–H groups in total. The van der Waals surface area contributed by atoms with Gasteiger partial charge in [0, 0.05) is 0 Å². The van der Waals surface area contributed by atoms with E-state index < -0.39 is 11.8 Å². The molecule has 2 aromatic rings. The van der Waals surface area contributed by atoms with E-state index in [0.717, 1.165) is 0 Å². The van der Waals surface area contributed by atoms with Gasteiger partial charge in [-0.3, -0.25) is 0 Å². The Kier molecular flexibility index (Phi) is 2.40. The third kappa shape index (κ3) is 1.70. The minimum absolute atomic E-state index is 0.111. The Bertz CT molecular complexity index is 556. The minimum Gasteiger partial charge on any atom is -0.477 e. The van der Waals surface area contributed by atoms with Gasteiger partial charge in [0.1, 0.15) is 16.1 Å². The standard InChI is InChI=1S/C10H5BrFNO2/c11-9-8-5(2-1-3-6(8)12)4-7(13-9)10(14)15/h1-4H,(H,14,15). The number of hydrogen-bond donors (Lipinski definition) is 1. The van der Waals surface area contributed by atoms with Crippen LogP contribution in [0, 0.1) is 5.82 Å². The summed E-state index contributed by atoms with van der Waals surface area (Å²) in [6.07, 6.45) is 0. The van der Waals surface area contributed by atoms with E-state index in [4.69, 9.17) is 5.11 Å². The number of pyridine rings is 1. The lowest BCUT2D eigenvalue weighted by Gasteiger charge is -2.02. The molecule has 0 saturated carbocycles. The SMILES string of the molecule is O=C(O)c1cc2cccc(F)c2c(Br)n1. The lowest BCUT2D eigenvalue weighted by molar-refractivity contribution is 0.0690. The molecule has 0 atom stereocenters. The minimum atomic E-state index is -1.14. The van der Waals surface area contributed by atoms with Gasteiger partial charge >= 0.3 is 5.97 Å². The van der Waals surface area contributed by atoms with E-state index in [0.29, 0.717) is 10.8 Å². The molecule has 0 spiro atoms. The van der Waals surface area contributed by atoms with Crippen LogP contribution < -0.4 is 0 Å². The third-order valence-electron chi connectivity index (χ3n) is 1.98. The summed E-state index contributed by atoms with van der Waals surface area (Å²) in [6, 6.07) is 5.80. The van der Waals surface area contributed by atoms with Crippen LogP contribution in [0.2, 0.25) is 0 Å². The van der Waals surface area contributed by atoms with Crippen molar-refractivity contribution in [3.8, 4) is 0 Å². The molecule has 3 nitrogen and oxygen atoms in total. The molecule has 0 radical (unpaired) electrons. The summed E-state index contributed by atoms with van der Waals surface area (Å²) in [4.78, 5) is 14.4. The van der Waals surface area contributed by atoms with Crippen molar-refractivity contribution >= 4 is 32.7 Å². The summed E-state index contributed by atoms with van der Waals surface area (Å²) in [7, 11) is 0. The van der Waals surface area contributed by atoms with E-state index in [1.807, 2.05) is 0 Å². The highest BCUT2D eigenvalue weighted by molar-refractivity contribution is 9.10. The maximum absolute atomic E-state index is 13.4. The Morgan fingerprint density at radius 2 is 2.20 bits per heavy atom. The maximum Gasteiger partial charge on any atom is 0.354 e. The summed E-state index contributed by atoms with van der Waals surface area (Å²) in [5.74, 6) is -1.56. The van der Waals surface area contributed by atoms with Gasteiger partial charge in [-0.1, -0.05) is 12.1 Å². The van der Waals surface area contributed by atoms with Crippen LogP contribution in [0.3, 0.4) is 0 Å². The van der Waals surface area contributed by atoms with Gasteiger partial charge in [0.05, 0.1) is 5.39 Å². The van der Waals surface area contributed by atoms with E-state index >= 15 is 0 Å². The highest BCUT2D eigenvalue weighted by Crippen LogP contribution is 2.25. The van der Waals surface area contributed by atoms with Crippen LogP contribution in [0.25, 0.3) is 10.8 Å². The van der Waals surface area contributed by atoms with Crippen molar-refractivity contribution in [3.05, 3.63) is 40.4 Å². The summed E-state index contributed by atoms with van der Waals surface area (Å²) in [6.45, 7) is 0. The van der Waals surface area contributed by atoms with Crippen LogP contribution in [-0.4, -0.2) is 16.1 Å². The summed E-state index contributed by atoms with van der Waals surface area (Å²) in [5.41, 5.74) is -0.111. The fourth-order valence-corrected chi connectivity index (χ4v) is 1.94. The fourth-order valence-electron chi connectivity index (χ4n) is 1.33.